The Morgan fingerprint density at radius 3 is 2.45 bits per heavy atom. The molecule has 0 saturated carbocycles. The first kappa shape index (κ1) is 15.0. The average Bonchev–Trinajstić information content (AvgIpc) is 2.41. The lowest BCUT2D eigenvalue weighted by Gasteiger charge is -2.42. The van der Waals surface area contributed by atoms with Gasteiger partial charge in [0.1, 0.15) is 0 Å². The van der Waals surface area contributed by atoms with Crippen LogP contribution in [0.15, 0.2) is 35.5 Å². The largest absolute Gasteiger partial charge is 0.341 e. The molecule has 1 aromatic carbocycles. The molecule has 1 atom stereocenters. The van der Waals surface area contributed by atoms with Crippen LogP contribution in [-0.4, -0.2) is 34.8 Å². The van der Waals surface area contributed by atoms with E-state index in [4.69, 9.17) is 23.8 Å². The maximum Gasteiger partial charge on any atom is 0.176 e. The molecule has 0 amide bonds. The molecule has 0 fully saturated rings. The second-order valence-corrected chi connectivity index (χ2v) is 5.70. The highest BCUT2D eigenvalue weighted by molar-refractivity contribution is 7.80. The van der Waals surface area contributed by atoms with Gasteiger partial charge in [-0.05, 0) is 37.7 Å². The van der Waals surface area contributed by atoms with Gasteiger partial charge in [0, 0.05) is 30.4 Å². The monoisotopic (exact) mass is 308 g/mol. The van der Waals surface area contributed by atoms with Crippen LogP contribution in [0.4, 0.5) is 0 Å². The molecule has 0 aromatic heterocycles. The van der Waals surface area contributed by atoms with Crippen molar-refractivity contribution < 1.29 is 4.79 Å². The Morgan fingerprint density at radius 2 is 1.90 bits per heavy atom. The van der Waals surface area contributed by atoms with E-state index >= 15 is 0 Å². The van der Waals surface area contributed by atoms with Gasteiger partial charge in [0.15, 0.2) is 10.9 Å². The molecular formula is C15H17ClN2OS. The van der Waals surface area contributed by atoms with Gasteiger partial charge in [-0.3, -0.25) is 4.79 Å². The third-order valence-electron chi connectivity index (χ3n) is 3.72. The van der Waals surface area contributed by atoms with Crippen molar-refractivity contribution in [1.82, 2.24) is 9.80 Å². The minimum Gasteiger partial charge on any atom is -0.341 e. The number of allylic oxidation sites excluding steroid dienone is 1. The summed E-state index contributed by atoms with van der Waals surface area (Å²) in [6.07, 6.45) is 0. The number of thiocarbonyl (C=S) groups is 1. The number of hydrogen-bond acceptors (Lipinski definition) is 2. The van der Waals surface area contributed by atoms with Crippen molar-refractivity contribution in [3.63, 3.8) is 0 Å². The summed E-state index contributed by atoms with van der Waals surface area (Å²) in [5.74, 6) is 0.0358. The topological polar surface area (TPSA) is 23.6 Å². The Morgan fingerprint density at radius 1 is 1.30 bits per heavy atom. The molecule has 0 spiro atoms. The van der Waals surface area contributed by atoms with E-state index in [0.29, 0.717) is 10.1 Å². The summed E-state index contributed by atoms with van der Waals surface area (Å²) >= 11 is 11.8. The lowest BCUT2D eigenvalue weighted by atomic mass is 9.91. The van der Waals surface area contributed by atoms with Crippen LogP contribution in [-0.2, 0) is 4.79 Å². The first-order valence-electron chi connectivity index (χ1n) is 6.33. The maximum atomic E-state index is 12.1. The predicted molar refractivity (Wildman–Crippen MR) is 85.7 cm³/mol. The van der Waals surface area contributed by atoms with E-state index < -0.39 is 0 Å². The highest BCUT2D eigenvalue weighted by Gasteiger charge is 2.35. The number of hydrogen-bond donors (Lipinski definition) is 0. The number of carbonyl (C=O) groups is 1. The van der Waals surface area contributed by atoms with Crippen LogP contribution in [0.5, 0.6) is 0 Å². The van der Waals surface area contributed by atoms with Crippen molar-refractivity contribution in [2.24, 2.45) is 0 Å². The number of rotatable bonds is 2. The van der Waals surface area contributed by atoms with Crippen molar-refractivity contribution in [3.8, 4) is 0 Å². The van der Waals surface area contributed by atoms with Gasteiger partial charge in [-0.1, -0.05) is 29.8 Å². The number of Topliss-reactive ketones (excluding diaryl/α,β-unsaturated/α-hetero) is 1. The van der Waals surface area contributed by atoms with Gasteiger partial charge in [0.25, 0.3) is 0 Å². The molecule has 5 heteroatoms. The smallest absolute Gasteiger partial charge is 0.176 e. The fourth-order valence-electron chi connectivity index (χ4n) is 2.57. The Kier molecular flexibility index (Phi) is 4.16. The molecule has 1 unspecified atom stereocenters. The van der Waals surface area contributed by atoms with Crippen molar-refractivity contribution >= 4 is 34.7 Å². The molecule has 0 radical (unpaired) electrons. The quantitative estimate of drug-likeness (QED) is 0.781. The molecule has 1 aliphatic rings. The third kappa shape index (κ3) is 2.34. The van der Waals surface area contributed by atoms with Gasteiger partial charge >= 0.3 is 0 Å². The minimum absolute atomic E-state index is 0.0358. The van der Waals surface area contributed by atoms with E-state index in [1.54, 1.807) is 6.92 Å². The Bertz CT molecular complexity index is 612. The second kappa shape index (κ2) is 5.54. The van der Waals surface area contributed by atoms with Gasteiger partial charge < -0.3 is 9.80 Å². The predicted octanol–water partition coefficient (Wildman–Crippen LogP) is 3.41. The highest BCUT2D eigenvalue weighted by atomic mass is 35.5. The Labute approximate surface area is 129 Å². The Hall–Kier alpha value is -1.39. The standard InChI is InChI=1S/C15H17ClN2OS/c1-9-13(10(2)19)14(18(4)15(20)17(9)3)11-7-5-6-8-12(11)16/h5-8,14H,1-4H3. The van der Waals surface area contributed by atoms with Crippen LogP contribution in [0, 0.1) is 0 Å². The van der Waals surface area contributed by atoms with Crippen molar-refractivity contribution in [2.45, 2.75) is 19.9 Å². The molecule has 106 valence electrons. The fourth-order valence-corrected chi connectivity index (χ4v) is 3.05. The summed E-state index contributed by atoms with van der Waals surface area (Å²) < 4.78 is 0. The lowest BCUT2D eigenvalue weighted by Crippen LogP contribution is -2.46. The lowest BCUT2D eigenvalue weighted by molar-refractivity contribution is -0.114. The summed E-state index contributed by atoms with van der Waals surface area (Å²) in [6.45, 7) is 3.50. The van der Waals surface area contributed by atoms with Crippen LogP contribution in [0.2, 0.25) is 5.02 Å². The van der Waals surface area contributed by atoms with E-state index in [1.807, 2.05) is 55.1 Å². The van der Waals surface area contributed by atoms with Gasteiger partial charge in [-0.2, -0.15) is 0 Å². The van der Waals surface area contributed by atoms with Crippen molar-refractivity contribution in [2.75, 3.05) is 14.1 Å². The van der Waals surface area contributed by atoms with Crippen molar-refractivity contribution in [1.29, 1.82) is 0 Å². The van der Waals surface area contributed by atoms with Crippen LogP contribution >= 0.6 is 23.8 Å². The summed E-state index contributed by atoms with van der Waals surface area (Å²) in [5.41, 5.74) is 2.51. The van der Waals surface area contributed by atoms with E-state index in [9.17, 15) is 4.79 Å². The zero-order valence-electron chi connectivity index (χ0n) is 12.0. The molecular weight excluding hydrogens is 292 g/mol. The minimum atomic E-state index is -0.232. The van der Waals surface area contributed by atoms with Crippen LogP contribution in [0.1, 0.15) is 25.5 Å². The fraction of sp³-hybridized carbons (Fsp3) is 0.333. The summed E-state index contributed by atoms with van der Waals surface area (Å²) in [4.78, 5) is 15.9. The zero-order chi connectivity index (χ0) is 15.0. The van der Waals surface area contributed by atoms with Crippen LogP contribution in [0.3, 0.4) is 0 Å². The third-order valence-corrected chi connectivity index (χ3v) is 4.63. The maximum absolute atomic E-state index is 12.1. The average molecular weight is 309 g/mol. The van der Waals surface area contributed by atoms with Crippen LogP contribution in [0.25, 0.3) is 0 Å². The van der Waals surface area contributed by atoms with Crippen molar-refractivity contribution in [3.05, 3.63) is 46.1 Å². The summed E-state index contributed by atoms with van der Waals surface area (Å²) in [7, 11) is 3.77. The number of ketones is 1. The molecule has 1 heterocycles. The van der Waals surface area contributed by atoms with Gasteiger partial charge in [-0.25, -0.2) is 0 Å². The normalized spacial score (nSPS) is 19.6. The van der Waals surface area contributed by atoms with E-state index in [2.05, 4.69) is 0 Å². The van der Waals surface area contributed by atoms with Gasteiger partial charge in [-0.15, -0.1) is 0 Å². The van der Waals surface area contributed by atoms with E-state index in [0.717, 1.165) is 16.8 Å². The molecule has 1 aliphatic heterocycles. The van der Waals surface area contributed by atoms with Gasteiger partial charge in [0.2, 0.25) is 0 Å². The summed E-state index contributed by atoms with van der Waals surface area (Å²) in [5, 5.41) is 1.32. The molecule has 20 heavy (non-hydrogen) atoms. The molecule has 0 bridgehead atoms. The number of halogens is 1. The first-order chi connectivity index (χ1) is 9.36. The molecule has 0 aliphatic carbocycles. The molecule has 2 rings (SSSR count). The summed E-state index contributed by atoms with van der Waals surface area (Å²) in [6, 6.07) is 7.34. The highest BCUT2D eigenvalue weighted by Crippen LogP contribution is 2.38. The molecule has 3 nitrogen and oxygen atoms in total. The molecule has 0 N–H and O–H groups in total. The Balaban J connectivity index is 2.68. The zero-order valence-corrected chi connectivity index (χ0v) is 13.5. The first-order valence-corrected chi connectivity index (χ1v) is 7.11. The second-order valence-electron chi connectivity index (χ2n) is 4.93. The molecule has 0 saturated heterocycles. The number of likely N-dealkylation sites (N-methyl/N-ethyl adjacent to an activating group) is 1. The van der Waals surface area contributed by atoms with E-state index in [1.165, 1.54) is 0 Å². The number of benzene rings is 1. The number of carbonyl (C=O) groups excluding carboxylic acids is 1. The van der Waals surface area contributed by atoms with Gasteiger partial charge in [0.05, 0.1) is 6.04 Å². The molecule has 1 aromatic rings. The number of nitrogens with zero attached hydrogens (tertiary/aromatic N) is 2. The van der Waals surface area contributed by atoms with Crippen LogP contribution < -0.4 is 0 Å². The SMILES string of the molecule is CC(=O)C1=C(C)N(C)C(=S)N(C)C1c1ccccc1Cl. The van der Waals surface area contributed by atoms with E-state index in [-0.39, 0.29) is 11.8 Å².